The van der Waals surface area contributed by atoms with Crippen molar-refractivity contribution >= 4 is 16.7 Å². The first-order valence-corrected chi connectivity index (χ1v) is 10.3. The van der Waals surface area contributed by atoms with E-state index < -0.39 is 0 Å². The predicted molar refractivity (Wildman–Crippen MR) is 116 cm³/mol. The highest BCUT2D eigenvalue weighted by Crippen LogP contribution is 2.28. The van der Waals surface area contributed by atoms with E-state index >= 15 is 0 Å². The lowest BCUT2D eigenvalue weighted by Gasteiger charge is -2.35. The number of benzene rings is 1. The molecule has 7 nitrogen and oxygen atoms in total. The van der Waals surface area contributed by atoms with Gasteiger partial charge in [-0.2, -0.15) is 0 Å². The molecule has 0 saturated carbocycles. The molecule has 30 heavy (non-hydrogen) atoms. The van der Waals surface area contributed by atoms with E-state index in [1.54, 1.807) is 6.20 Å². The molecule has 0 amide bonds. The summed E-state index contributed by atoms with van der Waals surface area (Å²) in [5, 5.41) is 5.17. The molecule has 1 saturated heterocycles. The van der Waals surface area contributed by atoms with Gasteiger partial charge < -0.3 is 9.42 Å². The van der Waals surface area contributed by atoms with Gasteiger partial charge in [-0.15, -0.1) is 0 Å². The summed E-state index contributed by atoms with van der Waals surface area (Å²) in [7, 11) is 0. The molecule has 1 aromatic carbocycles. The van der Waals surface area contributed by atoms with Gasteiger partial charge in [0.15, 0.2) is 5.82 Å². The average Bonchev–Trinajstić information content (AvgIpc) is 3.11. The fourth-order valence-corrected chi connectivity index (χ4v) is 3.99. The summed E-state index contributed by atoms with van der Waals surface area (Å²) < 4.78 is 5.32. The fourth-order valence-electron chi connectivity index (χ4n) is 3.99. The van der Waals surface area contributed by atoms with Crippen molar-refractivity contribution in [3.63, 3.8) is 0 Å². The Balaban J connectivity index is 1.41. The van der Waals surface area contributed by atoms with E-state index in [2.05, 4.69) is 26.0 Å². The van der Waals surface area contributed by atoms with Crippen LogP contribution in [-0.4, -0.2) is 51.2 Å². The molecule has 0 bridgehead atoms. The van der Waals surface area contributed by atoms with Crippen LogP contribution in [0.1, 0.15) is 17.0 Å². The van der Waals surface area contributed by atoms with E-state index in [4.69, 9.17) is 14.5 Å². The Hall–Kier alpha value is -3.32. The van der Waals surface area contributed by atoms with Gasteiger partial charge in [-0.05, 0) is 38.1 Å². The lowest BCUT2D eigenvalue weighted by Crippen LogP contribution is -2.46. The van der Waals surface area contributed by atoms with Crippen LogP contribution in [0.5, 0.6) is 0 Å². The molecule has 1 aliphatic rings. The van der Waals surface area contributed by atoms with E-state index in [9.17, 15) is 0 Å². The Labute approximate surface area is 175 Å². The molecule has 0 radical (unpaired) electrons. The maximum Gasteiger partial charge on any atom is 0.163 e. The van der Waals surface area contributed by atoms with Crippen LogP contribution in [0.15, 0.2) is 53.3 Å². The monoisotopic (exact) mass is 400 g/mol. The van der Waals surface area contributed by atoms with Crippen LogP contribution in [0.2, 0.25) is 0 Å². The fraction of sp³-hybridized carbons (Fsp3) is 0.304. The quantitative estimate of drug-likeness (QED) is 0.518. The number of rotatable bonds is 4. The minimum absolute atomic E-state index is 0.718. The van der Waals surface area contributed by atoms with Gasteiger partial charge in [0.2, 0.25) is 0 Å². The highest BCUT2D eigenvalue weighted by Gasteiger charge is 2.23. The highest BCUT2D eigenvalue weighted by atomic mass is 16.5. The van der Waals surface area contributed by atoms with Crippen LogP contribution < -0.4 is 4.90 Å². The van der Waals surface area contributed by atoms with Crippen molar-refractivity contribution in [2.45, 2.75) is 20.4 Å². The molecular weight excluding hydrogens is 376 g/mol. The normalized spacial score (nSPS) is 15.1. The molecule has 3 aromatic heterocycles. The van der Waals surface area contributed by atoms with Crippen molar-refractivity contribution < 1.29 is 4.52 Å². The van der Waals surface area contributed by atoms with Crippen LogP contribution in [0, 0.1) is 13.8 Å². The van der Waals surface area contributed by atoms with Gasteiger partial charge in [-0.3, -0.25) is 9.88 Å². The van der Waals surface area contributed by atoms with E-state index in [-0.39, 0.29) is 0 Å². The Morgan fingerprint density at radius 2 is 1.80 bits per heavy atom. The third-order valence-corrected chi connectivity index (χ3v) is 5.74. The third kappa shape index (κ3) is 3.52. The Bertz CT molecular complexity index is 1150. The van der Waals surface area contributed by atoms with Gasteiger partial charge in [-0.1, -0.05) is 17.3 Å². The molecule has 4 aromatic rings. The van der Waals surface area contributed by atoms with Crippen molar-refractivity contribution in [3.8, 4) is 11.4 Å². The minimum atomic E-state index is 0.718. The first-order chi connectivity index (χ1) is 14.7. The van der Waals surface area contributed by atoms with E-state index in [1.807, 2.05) is 50.4 Å². The van der Waals surface area contributed by atoms with Gasteiger partial charge in [0.05, 0.1) is 11.2 Å². The molecule has 5 rings (SSSR count). The third-order valence-electron chi connectivity index (χ3n) is 5.74. The maximum atomic E-state index is 5.32. The summed E-state index contributed by atoms with van der Waals surface area (Å²) in [5.74, 6) is 2.63. The molecular formula is C23H24N6O. The van der Waals surface area contributed by atoms with Crippen LogP contribution in [0.25, 0.3) is 22.3 Å². The van der Waals surface area contributed by atoms with Crippen molar-refractivity contribution in [2.75, 3.05) is 31.1 Å². The van der Waals surface area contributed by atoms with Crippen LogP contribution in [-0.2, 0) is 6.54 Å². The minimum Gasteiger partial charge on any atom is -0.361 e. The van der Waals surface area contributed by atoms with Crippen LogP contribution in [0.3, 0.4) is 0 Å². The summed E-state index contributed by atoms with van der Waals surface area (Å²) >= 11 is 0. The van der Waals surface area contributed by atoms with Crippen molar-refractivity contribution in [1.82, 2.24) is 25.0 Å². The van der Waals surface area contributed by atoms with Crippen LogP contribution in [0.4, 0.5) is 5.82 Å². The molecule has 1 fully saturated rings. The number of hydrogen-bond acceptors (Lipinski definition) is 7. The molecule has 1 aliphatic heterocycles. The highest BCUT2D eigenvalue weighted by molar-refractivity contribution is 5.91. The van der Waals surface area contributed by atoms with Gasteiger partial charge in [0.1, 0.15) is 11.6 Å². The number of pyridine rings is 1. The molecule has 0 unspecified atom stereocenters. The lowest BCUT2D eigenvalue weighted by molar-refractivity contribution is 0.247. The number of hydrogen-bond donors (Lipinski definition) is 0. The van der Waals surface area contributed by atoms with E-state index in [0.717, 1.165) is 72.3 Å². The maximum absolute atomic E-state index is 5.32. The second-order valence-electron chi connectivity index (χ2n) is 7.70. The van der Waals surface area contributed by atoms with Crippen LogP contribution >= 0.6 is 0 Å². The standard InChI is InChI=1S/C23H24N6O/c1-16-20(17(2)30-27-16)15-28-10-12-29(13-11-28)23-19-7-3-4-8-21(19)25-22(26-23)18-6-5-9-24-14-18/h3-9,14H,10-13,15H2,1-2H3. The Morgan fingerprint density at radius 3 is 2.53 bits per heavy atom. The molecule has 0 atom stereocenters. The van der Waals surface area contributed by atoms with Gasteiger partial charge >= 0.3 is 0 Å². The molecule has 152 valence electrons. The van der Waals surface area contributed by atoms with E-state index in [0.29, 0.717) is 0 Å². The van der Waals surface area contributed by atoms with E-state index in [1.165, 1.54) is 5.56 Å². The Kier molecular flexibility index (Phi) is 4.88. The largest absolute Gasteiger partial charge is 0.361 e. The zero-order valence-corrected chi connectivity index (χ0v) is 17.2. The van der Waals surface area contributed by atoms with Gasteiger partial charge in [0, 0.05) is 61.6 Å². The summed E-state index contributed by atoms with van der Waals surface area (Å²) in [4.78, 5) is 18.8. The molecule has 4 heterocycles. The number of anilines is 1. The number of fused-ring (bicyclic) bond motifs is 1. The zero-order valence-electron chi connectivity index (χ0n) is 17.2. The number of aryl methyl sites for hydroxylation is 2. The number of para-hydroxylation sites is 1. The number of piperazine rings is 1. The topological polar surface area (TPSA) is 71.2 Å². The smallest absolute Gasteiger partial charge is 0.163 e. The first kappa shape index (κ1) is 18.7. The average molecular weight is 400 g/mol. The zero-order chi connectivity index (χ0) is 20.5. The predicted octanol–water partition coefficient (Wildman–Crippen LogP) is 3.62. The molecule has 0 spiro atoms. The number of aromatic nitrogens is 4. The van der Waals surface area contributed by atoms with Crippen molar-refractivity contribution in [1.29, 1.82) is 0 Å². The second-order valence-corrected chi connectivity index (χ2v) is 7.70. The molecule has 0 N–H and O–H groups in total. The second kappa shape index (κ2) is 7.84. The molecule has 0 aliphatic carbocycles. The van der Waals surface area contributed by atoms with Gasteiger partial charge in [0.25, 0.3) is 0 Å². The first-order valence-electron chi connectivity index (χ1n) is 10.3. The summed E-state index contributed by atoms with van der Waals surface area (Å²) in [5.41, 5.74) is 4.08. The lowest BCUT2D eigenvalue weighted by atomic mass is 10.1. The summed E-state index contributed by atoms with van der Waals surface area (Å²) in [6.45, 7) is 8.62. The Morgan fingerprint density at radius 1 is 0.967 bits per heavy atom. The van der Waals surface area contributed by atoms with Crippen molar-refractivity contribution in [2.24, 2.45) is 0 Å². The van der Waals surface area contributed by atoms with Crippen molar-refractivity contribution in [3.05, 3.63) is 65.8 Å². The number of nitrogens with zero attached hydrogens (tertiary/aromatic N) is 6. The van der Waals surface area contributed by atoms with Gasteiger partial charge in [-0.25, -0.2) is 9.97 Å². The summed E-state index contributed by atoms with van der Waals surface area (Å²) in [6.07, 6.45) is 3.58. The SMILES string of the molecule is Cc1noc(C)c1CN1CCN(c2nc(-c3cccnc3)nc3ccccc23)CC1. The molecule has 7 heteroatoms. The summed E-state index contributed by atoms with van der Waals surface area (Å²) in [6, 6.07) is 12.1.